The Labute approximate surface area is 99.8 Å². The Kier molecular flexibility index (Phi) is 4.19. The summed E-state index contributed by atoms with van der Waals surface area (Å²) in [5, 5.41) is 16.9. The van der Waals surface area contributed by atoms with Crippen molar-refractivity contribution >= 4 is 17.5 Å². The van der Waals surface area contributed by atoms with Crippen LogP contribution < -0.4 is 10.6 Å². The quantitative estimate of drug-likeness (QED) is 0.602. The zero-order valence-corrected chi connectivity index (χ0v) is 10.4. The van der Waals surface area contributed by atoms with Crippen LogP contribution in [0.3, 0.4) is 0 Å². The lowest BCUT2D eigenvalue weighted by atomic mass is 10.3. The van der Waals surface area contributed by atoms with Crippen molar-refractivity contribution in [2.24, 2.45) is 0 Å². The van der Waals surface area contributed by atoms with Crippen LogP contribution in [-0.4, -0.2) is 27.5 Å². The topological polar surface area (TPSA) is 93.0 Å². The first-order chi connectivity index (χ1) is 7.95. The van der Waals surface area contributed by atoms with Crippen molar-refractivity contribution in [3.8, 4) is 0 Å². The maximum atomic E-state index is 11.0. The number of aromatic nitrogens is 2. The Morgan fingerprint density at radius 3 is 2.53 bits per heavy atom. The smallest absolute Gasteiger partial charge is 0.332 e. The summed E-state index contributed by atoms with van der Waals surface area (Å²) in [4.78, 5) is 18.7. The number of aryl methyl sites for hydroxylation is 1. The van der Waals surface area contributed by atoms with Gasteiger partial charge in [-0.25, -0.2) is 4.98 Å². The largest absolute Gasteiger partial charge is 0.362 e. The molecule has 0 saturated heterocycles. The summed E-state index contributed by atoms with van der Waals surface area (Å²) in [5.41, 5.74) is 0.282. The first kappa shape index (κ1) is 13.1. The lowest BCUT2D eigenvalue weighted by Crippen LogP contribution is -2.15. The summed E-state index contributed by atoms with van der Waals surface area (Å²) in [7, 11) is 0. The van der Waals surface area contributed by atoms with Crippen molar-refractivity contribution in [1.82, 2.24) is 9.97 Å². The van der Waals surface area contributed by atoms with Crippen molar-refractivity contribution in [2.45, 2.75) is 33.7 Å². The molecule has 0 fully saturated rings. The Morgan fingerprint density at radius 2 is 2.06 bits per heavy atom. The van der Waals surface area contributed by atoms with Crippen LogP contribution in [-0.2, 0) is 0 Å². The average Bonchev–Trinajstić information content (AvgIpc) is 2.15. The van der Waals surface area contributed by atoms with E-state index in [1.165, 1.54) is 0 Å². The van der Waals surface area contributed by atoms with Gasteiger partial charge in [0.15, 0.2) is 0 Å². The van der Waals surface area contributed by atoms with Crippen LogP contribution in [0.15, 0.2) is 0 Å². The summed E-state index contributed by atoms with van der Waals surface area (Å²) in [6, 6.07) is 0.0671. The maximum absolute atomic E-state index is 11.0. The molecule has 0 bridgehead atoms. The predicted octanol–water partition coefficient (Wildman–Crippen LogP) is 1.95. The van der Waals surface area contributed by atoms with Gasteiger partial charge in [-0.2, -0.15) is 4.98 Å². The third-order valence-electron chi connectivity index (χ3n) is 2.00. The molecule has 0 aliphatic carbocycles. The molecule has 7 nitrogen and oxygen atoms in total. The Morgan fingerprint density at radius 1 is 1.41 bits per heavy atom. The molecular formula is C10H17N5O2. The van der Waals surface area contributed by atoms with Crippen molar-refractivity contribution in [3.05, 3.63) is 15.8 Å². The molecule has 17 heavy (non-hydrogen) atoms. The molecule has 0 spiro atoms. The van der Waals surface area contributed by atoms with E-state index in [0.29, 0.717) is 18.2 Å². The number of hydrogen-bond donors (Lipinski definition) is 2. The number of nitro groups is 1. The molecule has 0 aliphatic rings. The van der Waals surface area contributed by atoms with E-state index in [0.717, 1.165) is 0 Å². The number of nitrogens with one attached hydrogen (secondary N) is 2. The van der Waals surface area contributed by atoms with Gasteiger partial charge in [0, 0.05) is 12.6 Å². The minimum Gasteiger partial charge on any atom is -0.362 e. The van der Waals surface area contributed by atoms with Gasteiger partial charge < -0.3 is 10.6 Å². The van der Waals surface area contributed by atoms with Gasteiger partial charge in [0.1, 0.15) is 5.69 Å². The summed E-state index contributed by atoms with van der Waals surface area (Å²) in [6.45, 7) is 7.97. The van der Waals surface area contributed by atoms with Gasteiger partial charge in [0.25, 0.3) is 0 Å². The Balaban J connectivity index is 3.23. The summed E-state index contributed by atoms with van der Waals surface area (Å²) >= 11 is 0. The van der Waals surface area contributed by atoms with Gasteiger partial charge in [-0.3, -0.25) is 10.1 Å². The van der Waals surface area contributed by atoms with Crippen molar-refractivity contribution in [2.75, 3.05) is 17.2 Å². The van der Waals surface area contributed by atoms with E-state index in [1.807, 2.05) is 20.8 Å². The summed E-state index contributed by atoms with van der Waals surface area (Å²) in [5.74, 6) is 0.659. The molecule has 1 aromatic rings. The molecule has 1 aromatic heterocycles. The van der Waals surface area contributed by atoms with Crippen molar-refractivity contribution in [1.29, 1.82) is 0 Å². The first-order valence-corrected chi connectivity index (χ1v) is 5.49. The third kappa shape index (κ3) is 3.27. The normalized spacial score (nSPS) is 10.4. The highest BCUT2D eigenvalue weighted by Gasteiger charge is 2.22. The minimum absolute atomic E-state index is 0.0671. The highest BCUT2D eigenvalue weighted by atomic mass is 16.6. The van der Waals surface area contributed by atoms with E-state index >= 15 is 0 Å². The van der Waals surface area contributed by atoms with Crippen LogP contribution in [0.25, 0.3) is 0 Å². The van der Waals surface area contributed by atoms with Crippen LogP contribution in [0.1, 0.15) is 26.5 Å². The molecule has 7 heteroatoms. The predicted molar refractivity (Wildman–Crippen MR) is 66.3 cm³/mol. The van der Waals surface area contributed by atoms with Gasteiger partial charge in [-0.1, -0.05) is 0 Å². The van der Waals surface area contributed by atoms with E-state index in [2.05, 4.69) is 20.6 Å². The minimum atomic E-state index is -0.463. The van der Waals surface area contributed by atoms with Crippen LogP contribution in [0.5, 0.6) is 0 Å². The molecular weight excluding hydrogens is 222 g/mol. The van der Waals surface area contributed by atoms with E-state index in [9.17, 15) is 10.1 Å². The van der Waals surface area contributed by atoms with E-state index in [1.54, 1.807) is 6.92 Å². The van der Waals surface area contributed by atoms with Crippen molar-refractivity contribution in [3.63, 3.8) is 0 Å². The van der Waals surface area contributed by atoms with Gasteiger partial charge in [0.05, 0.1) is 4.92 Å². The number of anilines is 2. The Bertz CT molecular complexity index is 419. The molecule has 2 N–H and O–H groups in total. The molecule has 0 amide bonds. The maximum Gasteiger partial charge on any atom is 0.332 e. The second-order valence-corrected chi connectivity index (χ2v) is 3.92. The molecule has 0 saturated carbocycles. The molecule has 0 aromatic carbocycles. The molecule has 0 radical (unpaired) electrons. The molecule has 0 atom stereocenters. The lowest BCUT2D eigenvalue weighted by Gasteiger charge is -2.12. The van der Waals surface area contributed by atoms with E-state index < -0.39 is 4.92 Å². The van der Waals surface area contributed by atoms with Gasteiger partial charge in [0.2, 0.25) is 11.8 Å². The zero-order valence-electron chi connectivity index (χ0n) is 10.4. The highest BCUT2D eigenvalue weighted by molar-refractivity contribution is 5.61. The molecule has 94 valence electrons. The molecule has 0 unspecified atom stereocenters. The SMILES string of the molecule is CCNc1nc(C)c([N+](=O)[O-])c(NC(C)C)n1. The molecule has 1 rings (SSSR count). The van der Waals surface area contributed by atoms with Crippen LogP contribution in [0, 0.1) is 17.0 Å². The fraction of sp³-hybridized carbons (Fsp3) is 0.600. The molecule has 1 heterocycles. The fourth-order valence-corrected chi connectivity index (χ4v) is 1.40. The molecule has 0 aliphatic heterocycles. The van der Waals surface area contributed by atoms with Crippen LogP contribution in [0.2, 0.25) is 0 Å². The third-order valence-corrected chi connectivity index (χ3v) is 2.00. The van der Waals surface area contributed by atoms with Gasteiger partial charge in [-0.05, 0) is 27.7 Å². The average molecular weight is 239 g/mol. The Hall–Kier alpha value is -1.92. The van der Waals surface area contributed by atoms with Crippen molar-refractivity contribution < 1.29 is 4.92 Å². The number of rotatable bonds is 5. The summed E-state index contributed by atoms with van der Waals surface area (Å²) < 4.78 is 0. The zero-order chi connectivity index (χ0) is 13.0. The summed E-state index contributed by atoms with van der Waals surface area (Å²) in [6.07, 6.45) is 0. The number of nitrogens with zero attached hydrogens (tertiary/aromatic N) is 3. The van der Waals surface area contributed by atoms with Crippen LogP contribution >= 0.6 is 0 Å². The second-order valence-electron chi connectivity index (χ2n) is 3.92. The second kappa shape index (κ2) is 5.42. The van der Waals surface area contributed by atoms with Gasteiger partial charge >= 0.3 is 5.69 Å². The van der Waals surface area contributed by atoms with Gasteiger partial charge in [-0.15, -0.1) is 0 Å². The lowest BCUT2D eigenvalue weighted by molar-refractivity contribution is -0.385. The van der Waals surface area contributed by atoms with Crippen LogP contribution in [0.4, 0.5) is 17.5 Å². The standard InChI is InChI=1S/C10H17N5O2/c1-5-11-10-13-7(4)8(15(16)17)9(14-10)12-6(2)3/h6H,5H2,1-4H3,(H2,11,12,13,14). The monoisotopic (exact) mass is 239 g/mol. The highest BCUT2D eigenvalue weighted by Crippen LogP contribution is 2.26. The van der Waals surface area contributed by atoms with E-state index in [4.69, 9.17) is 0 Å². The number of hydrogen-bond acceptors (Lipinski definition) is 6. The first-order valence-electron chi connectivity index (χ1n) is 5.49. The van der Waals surface area contributed by atoms with E-state index in [-0.39, 0.29) is 17.5 Å². The fourth-order valence-electron chi connectivity index (χ4n) is 1.40.